The van der Waals surface area contributed by atoms with Crippen LogP contribution in [0.15, 0.2) is 0 Å². The van der Waals surface area contributed by atoms with E-state index in [1.807, 2.05) is 0 Å². The van der Waals surface area contributed by atoms with Crippen molar-refractivity contribution in [2.75, 3.05) is 59.9 Å². The SMILES string of the molecule is CN1CCCNCCCNCC[CH]([Ti+2])N(C)CCC1.[Cl-].[Cl-]. The molecule has 1 fully saturated rings. The van der Waals surface area contributed by atoms with Crippen molar-refractivity contribution < 1.29 is 45.2 Å². The van der Waals surface area contributed by atoms with Crippen LogP contribution in [0.25, 0.3) is 0 Å². The molecule has 0 saturated carbocycles. The summed E-state index contributed by atoms with van der Waals surface area (Å²) in [6, 6.07) is 0. The van der Waals surface area contributed by atoms with E-state index in [2.05, 4.69) is 55.0 Å². The Morgan fingerprint density at radius 2 is 1.38 bits per heavy atom. The van der Waals surface area contributed by atoms with E-state index < -0.39 is 0 Å². The first-order valence-corrected chi connectivity index (χ1v) is 8.61. The van der Waals surface area contributed by atoms with Crippen LogP contribution in [0, 0.1) is 0 Å². The molecule has 1 aliphatic rings. The zero-order valence-electron chi connectivity index (χ0n) is 13.5. The van der Waals surface area contributed by atoms with Gasteiger partial charge < -0.3 is 24.8 Å². The van der Waals surface area contributed by atoms with Gasteiger partial charge in [0.25, 0.3) is 0 Å². The Kier molecular flexibility index (Phi) is 18.6. The molecule has 2 N–H and O–H groups in total. The molecule has 0 aromatic heterocycles. The molecule has 4 nitrogen and oxygen atoms in total. The Morgan fingerprint density at radius 3 is 2.10 bits per heavy atom. The monoisotopic (exact) mass is 373 g/mol. The van der Waals surface area contributed by atoms with Crippen LogP contribution >= 0.6 is 0 Å². The summed E-state index contributed by atoms with van der Waals surface area (Å²) in [6.07, 6.45) is 5.02. The Bertz CT molecular complexity index is 225. The minimum Gasteiger partial charge on any atom is -1.00 e. The molecule has 7 heteroatoms. The Balaban J connectivity index is 0. The van der Waals surface area contributed by atoms with Gasteiger partial charge in [-0.1, -0.05) is 0 Å². The first-order chi connectivity index (χ1) is 9.20. The molecule has 1 rings (SSSR count). The van der Waals surface area contributed by atoms with Crippen LogP contribution < -0.4 is 35.4 Å². The topological polar surface area (TPSA) is 30.5 Å². The average Bonchev–Trinajstić information content (AvgIpc) is 2.39. The fourth-order valence-corrected chi connectivity index (χ4v) is 2.81. The molecule has 1 unspecified atom stereocenters. The van der Waals surface area contributed by atoms with Gasteiger partial charge >= 0.3 is 131 Å². The molecular formula is C14H31Cl2N4Ti. The number of rotatable bonds is 0. The van der Waals surface area contributed by atoms with Crippen molar-refractivity contribution in [3.63, 3.8) is 0 Å². The summed E-state index contributed by atoms with van der Waals surface area (Å²) in [6.45, 7) is 8.23. The van der Waals surface area contributed by atoms with E-state index in [0.29, 0.717) is 4.35 Å². The zero-order valence-corrected chi connectivity index (χ0v) is 16.6. The predicted molar refractivity (Wildman–Crippen MR) is 78.1 cm³/mol. The van der Waals surface area contributed by atoms with Gasteiger partial charge in [-0.05, 0) is 0 Å². The maximum absolute atomic E-state index is 3.55. The summed E-state index contributed by atoms with van der Waals surface area (Å²) >= 11 is 2.34. The van der Waals surface area contributed by atoms with Gasteiger partial charge in [0.2, 0.25) is 0 Å². The normalized spacial score (nSPS) is 25.6. The van der Waals surface area contributed by atoms with E-state index in [0.717, 1.165) is 26.2 Å². The van der Waals surface area contributed by atoms with E-state index in [-0.39, 0.29) is 24.8 Å². The molecule has 1 aliphatic heterocycles. The summed E-state index contributed by atoms with van der Waals surface area (Å²) in [5, 5.41) is 7.08. The molecule has 1 saturated heterocycles. The molecule has 125 valence electrons. The summed E-state index contributed by atoms with van der Waals surface area (Å²) in [7, 11) is 4.51. The minimum absolute atomic E-state index is 0. The second-order valence-corrected chi connectivity index (χ2v) is 6.69. The van der Waals surface area contributed by atoms with E-state index >= 15 is 0 Å². The van der Waals surface area contributed by atoms with Gasteiger partial charge in [-0.3, -0.25) is 0 Å². The van der Waals surface area contributed by atoms with E-state index in [1.165, 1.54) is 45.3 Å². The zero-order chi connectivity index (χ0) is 13.9. The van der Waals surface area contributed by atoms with Crippen LogP contribution in [0.5, 0.6) is 0 Å². The molecule has 1 heterocycles. The van der Waals surface area contributed by atoms with E-state index in [9.17, 15) is 0 Å². The van der Waals surface area contributed by atoms with Gasteiger partial charge in [-0.25, -0.2) is 0 Å². The van der Waals surface area contributed by atoms with Gasteiger partial charge in [0.05, 0.1) is 0 Å². The van der Waals surface area contributed by atoms with Crippen molar-refractivity contribution in [2.24, 2.45) is 0 Å². The summed E-state index contributed by atoms with van der Waals surface area (Å²) in [4.78, 5) is 4.97. The number of hydrogen-bond donors (Lipinski definition) is 2. The molecule has 0 aromatic rings. The summed E-state index contributed by atoms with van der Waals surface area (Å²) in [5.74, 6) is 0. The second kappa shape index (κ2) is 16.0. The third-order valence-corrected chi connectivity index (χ3v) is 4.92. The van der Waals surface area contributed by atoms with Crippen LogP contribution in [-0.4, -0.2) is 74.1 Å². The van der Waals surface area contributed by atoms with Crippen molar-refractivity contribution in [2.45, 2.75) is 30.0 Å². The predicted octanol–water partition coefficient (Wildman–Crippen LogP) is -5.52. The fraction of sp³-hybridized carbons (Fsp3) is 1.00. The maximum Gasteiger partial charge on any atom is -1.00 e. The number of nitrogens with one attached hydrogen (secondary N) is 2. The van der Waals surface area contributed by atoms with Crippen LogP contribution in [0.2, 0.25) is 0 Å². The van der Waals surface area contributed by atoms with Crippen molar-refractivity contribution in [1.29, 1.82) is 0 Å². The van der Waals surface area contributed by atoms with Crippen molar-refractivity contribution in [3.05, 3.63) is 0 Å². The molecular weight excluding hydrogens is 343 g/mol. The van der Waals surface area contributed by atoms with E-state index in [1.54, 1.807) is 0 Å². The maximum atomic E-state index is 3.55. The number of hydrogen-bond acceptors (Lipinski definition) is 4. The molecule has 21 heavy (non-hydrogen) atoms. The van der Waals surface area contributed by atoms with Gasteiger partial charge in [0.1, 0.15) is 0 Å². The molecule has 0 aromatic carbocycles. The van der Waals surface area contributed by atoms with Crippen molar-refractivity contribution >= 4 is 0 Å². The van der Waals surface area contributed by atoms with E-state index in [4.69, 9.17) is 0 Å². The van der Waals surface area contributed by atoms with Gasteiger partial charge in [0.15, 0.2) is 0 Å². The molecule has 0 radical (unpaired) electrons. The van der Waals surface area contributed by atoms with Crippen LogP contribution in [-0.2, 0) is 20.4 Å². The van der Waals surface area contributed by atoms with Gasteiger partial charge in [0, 0.05) is 0 Å². The molecule has 0 amide bonds. The van der Waals surface area contributed by atoms with Crippen LogP contribution in [0.3, 0.4) is 0 Å². The summed E-state index contributed by atoms with van der Waals surface area (Å²) < 4.78 is 0.684. The van der Waals surface area contributed by atoms with Gasteiger partial charge in [-0.2, -0.15) is 0 Å². The summed E-state index contributed by atoms with van der Waals surface area (Å²) in [5.41, 5.74) is 0. The first-order valence-electron chi connectivity index (χ1n) is 7.71. The Hall–Kier alpha value is 1.13. The first kappa shape index (κ1) is 24.4. The Morgan fingerprint density at radius 1 is 0.810 bits per heavy atom. The number of halogens is 2. The second-order valence-electron chi connectivity index (χ2n) is 5.65. The average molecular weight is 374 g/mol. The number of nitrogens with zero attached hydrogens (tertiary/aromatic N) is 2. The standard InChI is InChI=1S/C14H31N4.2ClH.Ti/c1-17-11-4-9-15-7-3-8-16-10-5-12-18(2)14-6-13-17;;;/h11,15-16H,3-10,12-14H2,1-2H3;2*1H;/q;;;+2/p-2. The Labute approximate surface area is 155 Å². The van der Waals surface area contributed by atoms with Crippen molar-refractivity contribution in [1.82, 2.24) is 20.4 Å². The largest absolute Gasteiger partial charge is 1.00 e. The van der Waals surface area contributed by atoms with Crippen molar-refractivity contribution in [3.8, 4) is 0 Å². The van der Waals surface area contributed by atoms with Gasteiger partial charge in [-0.15, -0.1) is 0 Å². The molecule has 0 aliphatic carbocycles. The van der Waals surface area contributed by atoms with Crippen LogP contribution in [0.1, 0.15) is 25.7 Å². The third kappa shape index (κ3) is 13.3. The van der Waals surface area contributed by atoms with Crippen LogP contribution in [0.4, 0.5) is 0 Å². The molecule has 0 spiro atoms. The molecule has 0 bridgehead atoms. The quantitative estimate of drug-likeness (QED) is 0.415. The minimum atomic E-state index is 0. The smallest absolute Gasteiger partial charge is 1.00 e. The fourth-order valence-electron chi connectivity index (χ4n) is 2.38. The third-order valence-electron chi connectivity index (χ3n) is 3.78. The molecule has 1 atom stereocenters.